The normalized spacial score (nSPS) is 49.1. The summed E-state index contributed by atoms with van der Waals surface area (Å²) in [7, 11) is 1.21. The molecule has 2 aliphatic heterocycles. The van der Waals surface area contributed by atoms with Gasteiger partial charge in [0.25, 0.3) is 0 Å². The Morgan fingerprint density at radius 2 is 1.94 bits per heavy atom. The van der Waals surface area contributed by atoms with Gasteiger partial charge in [-0.05, 0) is 30.7 Å². The van der Waals surface area contributed by atoms with Crippen LogP contribution in [0.4, 0.5) is 0 Å². The molecule has 2 saturated heterocycles. The minimum atomic E-state index is -1.64. The number of fused-ring (bicyclic) bond motifs is 3. The molecule has 0 radical (unpaired) electrons. The summed E-state index contributed by atoms with van der Waals surface area (Å²) in [6.45, 7) is 7.56. The fourth-order valence-corrected chi connectivity index (χ4v) is 9.58. The topological polar surface area (TPSA) is 132 Å². The minimum absolute atomic E-state index is 0.0464. The van der Waals surface area contributed by atoms with Gasteiger partial charge >= 0.3 is 11.9 Å². The number of hydrogen-bond donors (Lipinski definition) is 2. The van der Waals surface area contributed by atoms with Crippen LogP contribution >= 0.6 is 0 Å². The van der Waals surface area contributed by atoms with Crippen LogP contribution in [0, 0.1) is 34.0 Å². The zero-order valence-corrected chi connectivity index (χ0v) is 21.3. The number of rotatable bonds is 3. The average Bonchev–Trinajstić information content (AvgIpc) is 3.46. The van der Waals surface area contributed by atoms with Gasteiger partial charge < -0.3 is 28.8 Å². The zero-order chi connectivity index (χ0) is 26.1. The van der Waals surface area contributed by atoms with Crippen molar-refractivity contribution in [2.24, 2.45) is 34.0 Å². The molecule has 9 heteroatoms. The van der Waals surface area contributed by atoms with E-state index in [4.69, 9.17) is 18.6 Å². The molecule has 36 heavy (non-hydrogen) atoms. The highest BCUT2D eigenvalue weighted by Gasteiger charge is 2.85. The van der Waals surface area contributed by atoms with Crippen LogP contribution in [0.25, 0.3) is 0 Å². The molecule has 3 aliphatic carbocycles. The molecule has 196 valence electrons. The van der Waals surface area contributed by atoms with Gasteiger partial charge in [0, 0.05) is 34.1 Å². The molecule has 10 atom stereocenters. The van der Waals surface area contributed by atoms with Crippen molar-refractivity contribution in [1.29, 1.82) is 0 Å². The van der Waals surface area contributed by atoms with E-state index < -0.39 is 75.5 Å². The smallest absolute Gasteiger partial charge is 0.335 e. The van der Waals surface area contributed by atoms with Crippen LogP contribution in [0.2, 0.25) is 0 Å². The molecule has 1 unspecified atom stereocenters. The standard InChI is InChI=1S/C27H34O9/c1-23(2)18(17(29)22(31)33-5)25(4)15-6-8-24(3)20(13-7-9-34-12-13)35-16(28)11-27(24,32)26(15)10-14(19(25)30)21(23)36-26/h7,9,12,14-15,17-18,20-21,29,32H,6,8,10-11H2,1-5H3/t14-,15+,17?,18-,20-,21+,24-,25-,26-,27-/m0/s1. The highest BCUT2D eigenvalue weighted by molar-refractivity contribution is 5.93. The van der Waals surface area contributed by atoms with Gasteiger partial charge in [-0.15, -0.1) is 0 Å². The molecule has 0 aromatic carbocycles. The van der Waals surface area contributed by atoms with Gasteiger partial charge in [0.1, 0.15) is 23.1 Å². The Morgan fingerprint density at radius 3 is 2.58 bits per heavy atom. The molecule has 3 bridgehead atoms. The lowest BCUT2D eigenvalue weighted by atomic mass is 9.36. The molecule has 9 nitrogen and oxygen atoms in total. The molecular formula is C27H34O9. The first-order valence-electron chi connectivity index (χ1n) is 12.7. The Kier molecular flexibility index (Phi) is 4.69. The summed E-state index contributed by atoms with van der Waals surface area (Å²) >= 11 is 0. The molecule has 3 heterocycles. The Labute approximate surface area is 209 Å². The molecular weight excluding hydrogens is 468 g/mol. The lowest BCUT2D eigenvalue weighted by molar-refractivity contribution is -0.317. The van der Waals surface area contributed by atoms with Gasteiger partial charge in [0.2, 0.25) is 0 Å². The summed E-state index contributed by atoms with van der Waals surface area (Å²) in [6.07, 6.45) is 1.10. The van der Waals surface area contributed by atoms with E-state index >= 15 is 0 Å². The fraction of sp³-hybridized carbons (Fsp3) is 0.741. The number of ether oxygens (including phenoxy) is 3. The molecule has 2 N–H and O–H groups in total. The molecule has 5 aliphatic rings. The Hall–Kier alpha value is -2.23. The van der Waals surface area contributed by atoms with Crippen molar-refractivity contribution < 1.29 is 43.2 Å². The SMILES string of the molecule is COC(=O)C(O)[C@H]1C(C)(C)[C@@H]2O[C@@]34C[C@H]2C(=O)[C@@]1(C)[C@H]3CC[C@@]1(C)[C@H](c2ccoc2)OC(=O)C[C@]14O. The second-order valence-electron chi connectivity index (χ2n) is 12.6. The van der Waals surface area contributed by atoms with E-state index in [1.54, 1.807) is 6.07 Å². The first kappa shape index (κ1) is 24.1. The third-order valence-electron chi connectivity index (χ3n) is 11.0. The first-order valence-corrected chi connectivity index (χ1v) is 12.7. The molecule has 1 aromatic heterocycles. The van der Waals surface area contributed by atoms with E-state index in [-0.39, 0.29) is 12.2 Å². The number of aliphatic hydroxyl groups excluding tert-OH is 1. The Morgan fingerprint density at radius 1 is 1.22 bits per heavy atom. The van der Waals surface area contributed by atoms with Gasteiger partial charge in [-0.1, -0.05) is 27.7 Å². The summed E-state index contributed by atoms with van der Waals surface area (Å²) in [5.74, 6) is -3.19. The summed E-state index contributed by atoms with van der Waals surface area (Å²) in [4.78, 5) is 39.7. The van der Waals surface area contributed by atoms with E-state index in [0.717, 1.165) is 0 Å². The quantitative estimate of drug-likeness (QED) is 0.598. The number of furan rings is 1. The van der Waals surface area contributed by atoms with Gasteiger partial charge in [0.15, 0.2) is 6.10 Å². The van der Waals surface area contributed by atoms with Crippen molar-refractivity contribution in [1.82, 2.24) is 0 Å². The number of Topliss-reactive ketones (excluding diaryl/α,β-unsaturated/α-hetero) is 1. The molecule has 5 fully saturated rings. The number of hydrogen-bond acceptors (Lipinski definition) is 9. The summed E-state index contributed by atoms with van der Waals surface area (Å²) in [6, 6.07) is 1.73. The maximum absolute atomic E-state index is 14.1. The van der Waals surface area contributed by atoms with Crippen LogP contribution in [-0.2, 0) is 28.6 Å². The highest BCUT2D eigenvalue weighted by Crippen LogP contribution is 2.77. The largest absolute Gasteiger partial charge is 0.472 e. The van der Waals surface area contributed by atoms with Crippen molar-refractivity contribution in [3.63, 3.8) is 0 Å². The fourth-order valence-electron chi connectivity index (χ4n) is 9.58. The maximum Gasteiger partial charge on any atom is 0.335 e. The number of carbonyl (C=O) groups excluding carboxylic acids is 3. The third kappa shape index (κ3) is 2.41. The van der Waals surface area contributed by atoms with E-state index in [2.05, 4.69) is 0 Å². The van der Waals surface area contributed by atoms with Gasteiger partial charge in [-0.25, -0.2) is 4.79 Å². The van der Waals surface area contributed by atoms with Crippen LogP contribution in [0.1, 0.15) is 65.0 Å². The van der Waals surface area contributed by atoms with Crippen LogP contribution < -0.4 is 0 Å². The lowest BCUT2D eigenvalue weighted by Gasteiger charge is -2.68. The van der Waals surface area contributed by atoms with Gasteiger partial charge in [0.05, 0.1) is 32.2 Å². The van der Waals surface area contributed by atoms with E-state index in [9.17, 15) is 24.6 Å². The number of ketones is 1. The molecule has 6 rings (SSSR count). The zero-order valence-electron chi connectivity index (χ0n) is 21.3. The average molecular weight is 503 g/mol. The van der Waals surface area contributed by atoms with Crippen molar-refractivity contribution in [2.75, 3.05) is 7.11 Å². The van der Waals surface area contributed by atoms with Crippen molar-refractivity contribution in [3.05, 3.63) is 24.2 Å². The summed E-state index contributed by atoms with van der Waals surface area (Å²) < 4.78 is 22.9. The minimum Gasteiger partial charge on any atom is -0.472 e. The monoisotopic (exact) mass is 502 g/mol. The van der Waals surface area contributed by atoms with Crippen LogP contribution in [-0.4, -0.2) is 58.5 Å². The molecule has 1 spiro atoms. The van der Waals surface area contributed by atoms with Crippen molar-refractivity contribution in [3.8, 4) is 0 Å². The number of methoxy groups -OCH3 is 1. The first-order chi connectivity index (χ1) is 16.8. The lowest BCUT2D eigenvalue weighted by Crippen LogP contribution is -2.77. The Balaban J connectivity index is 1.56. The van der Waals surface area contributed by atoms with E-state index in [1.165, 1.54) is 19.6 Å². The predicted octanol–water partition coefficient (Wildman–Crippen LogP) is 2.34. The van der Waals surface area contributed by atoms with Crippen molar-refractivity contribution >= 4 is 17.7 Å². The predicted molar refractivity (Wildman–Crippen MR) is 122 cm³/mol. The summed E-state index contributed by atoms with van der Waals surface area (Å²) in [5, 5.41) is 24.0. The number of carbonyl (C=O) groups is 3. The van der Waals surface area contributed by atoms with Gasteiger partial charge in [-0.2, -0.15) is 0 Å². The molecule has 0 amide bonds. The van der Waals surface area contributed by atoms with Crippen LogP contribution in [0.15, 0.2) is 23.0 Å². The maximum atomic E-state index is 14.1. The number of aliphatic hydroxyl groups is 2. The number of esters is 2. The highest BCUT2D eigenvalue weighted by atomic mass is 16.6. The van der Waals surface area contributed by atoms with E-state index in [0.29, 0.717) is 24.8 Å². The van der Waals surface area contributed by atoms with E-state index in [1.807, 2.05) is 27.7 Å². The second kappa shape index (κ2) is 6.99. The summed E-state index contributed by atoms with van der Waals surface area (Å²) in [5.41, 5.74) is -5.07. The van der Waals surface area contributed by atoms with Crippen LogP contribution in [0.5, 0.6) is 0 Å². The second-order valence-corrected chi connectivity index (χ2v) is 12.6. The number of cyclic esters (lactones) is 1. The third-order valence-corrected chi connectivity index (χ3v) is 11.0. The molecule has 1 aromatic rings. The molecule has 3 saturated carbocycles. The van der Waals surface area contributed by atoms with Gasteiger partial charge in [-0.3, -0.25) is 9.59 Å². The Bertz CT molecular complexity index is 1140. The van der Waals surface area contributed by atoms with Crippen molar-refractivity contribution in [2.45, 2.75) is 82.9 Å². The van der Waals surface area contributed by atoms with Crippen LogP contribution in [0.3, 0.4) is 0 Å².